The summed E-state index contributed by atoms with van der Waals surface area (Å²) in [6, 6.07) is 23.9. The Balaban J connectivity index is 1.30. The second kappa shape index (κ2) is 10.1. The number of carbonyl (C=O) groups excluding carboxylic acids is 3. The van der Waals surface area contributed by atoms with Gasteiger partial charge in [0.05, 0.1) is 17.8 Å². The largest absolute Gasteiger partial charge is 0.486 e. The van der Waals surface area contributed by atoms with Gasteiger partial charge < -0.3 is 20.3 Å². The monoisotopic (exact) mass is 510 g/mol. The SMILES string of the molecule is C[C@H](NC(=O)CC1(C)Cc2ccccc2O1)C(=O)N[C@H]1N=C(c2ccccc2)c2ccccc2N(C)C1=O. The first kappa shape index (κ1) is 25.2. The summed E-state index contributed by atoms with van der Waals surface area (Å²) in [5, 5.41) is 5.48. The van der Waals surface area contributed by atoms with Crippen LogP contribution >= 0.6 is 0 Å². The Morgan fingerprint density at radius 2 is 1.74 bits per heavy atom. The Labute approximate surface area is 221 Å². The van der Waals surface area contributed by atoms with E-state index in [4.69, 9.17) is 9.73 Å². The van der Waals surface area contributed by atoms with Gasteiger partial charge in [-0.15, -0.1) is 0 Å². The van der Waals surface area contributed by atoms with Gasteiger partial charge in [0.1, 0.15) is 17.4 Å². The molecule has 0 saturated carbocycles. The van der Waals surface area contributed by atoms with E-state index in [1.165, 1.54) is 4.90 Å². The zero-order valence-corrected chi connectivity index (χ0v) is 21.6. The average Bonchev–Trinajstić information content (AvgIpc) is 3.21. The number of ether oxygens (including phenoxy) is 1. The first-order valence-electron chi connectivity index (χ1n) is 12.6. The third-order valence-electron chi connectivity index (χ3n) is 6.87. The van der Waals surface area contributed by atoms with Crippen LogP contribution in [-0.4, -0.2) is 48.3 Å². The van der Waals surface area contributed by atoms with E-state index in [-0.39, 0.29) is 18.2 Å². The van der Waals surface area contributed by atoms with Crippen molar-refractivity contribution in [1.82, 2.24) is 10.6 Å². The third-order valence-corrected chi connectivity index (χ3v) is 6.87. The molecule has 3 aromatic carbocycles. The number of amides is 3. The number of fused-ring (bicyclic) bond motifs is 2. The summed E-state index contributed by atoms with van der Waals surface area (Å²) in [5.74, 6) is -0.418. The number of hydrogen-bond donors (Lipinski definition) is 2. The maximum absolute atomic E-state index is 13.3. The van der Waals surface area contributed by atoms with Crippen molar-refractivity contribution in [2.24, 2.45) is 4.99 Å². The highest BCUT2D eigenvalue weighted by molar-refractivity contribution is 6.20. The minimum absolute atomic E-state index is 0.0933. The lowest BCUT2D eigenvalue weighted by Crippen LogP contribution is -2.53. The van der Waals surface area contributed by atoms with Crippen molar-refractivity contribution >= 4 is 29.1 Å². The molecule has 3 aromatic rings. The van der Waals surface area contributed by atoms with E-state index < -0.39 is 23.7 Å². The summed E-state index contributed by atoms with van der Waals surface area (Å²) in [4.78, 5) is 45.5. The molecular formula is C30H30N4O4. The molecule has 0 radical (unpaired) electrons. The molecule has 0 aromatic heterocycles. The Bertz CT molecular complexity index is 1390. The van der Waals surface area contributed by atoms with Crippen LogP contribution in [0.3, 0.4) is 0 Å². The number of aliphatic imine (C=N–C) groups is 1. The number of nitrogens with zero attached hydrogens (tertiary/aromatic N) is 2. The lowest BCUT2D eigenvalue weighted by atomic mass is 9.95. The van der Waals surface area contributed by atoms with Gasteiger partial charge in [0, 0.05) is 24.6 Å². The third kappa shape index (κ3) is 5.02. The Hall–Kier alpha value is -4.46. The van der Waals surface area contributed by atoms with Crippen LogP contribution in [0, 0.1) is 0 Å². The van der Waals surface area contributed by atoms with E-state index in [1.807, 2.05) is 85.8 Å². The van der Waals surface area contributed by atoms with Crippen LogP contribution in [-0.2, 0) is 20.8 Å². The first-order chi connectivity index (χ1) is 18.2. The summed E-state index contributed by atoms with van der Waals surface area (Å²) < 4.78 is 6.02. The van der Waals surface area contributed by atoms with Gasteiger partial charge >= 0.3 is 0 Å². The van der Waals surface area contributed by atoms with Gasteiger partial charge in [-0.2, -0.15) is 0 Å². The number of benzene rings is 3. The topological polar surface area (TPSA) is 100 Å². The fourth-order valence-electron chi connectivity index (χ4n) is 4.95. The molecule has 5 rings (SSSR count). The molecule has 8 nitrogen and oxygen atoms in total. The highest BCUT2D eigenvalue weighted by Crippen LogP contribution is 2.36. The number of likely N-dealkylation sites (N-methyl/N-ethyl adjacent to an activating group) is 1. The number of anilines is 1. The van der Waals surface area contributed by atoms with Crippen LogP contribution in [0.25, 0.3) is 0 Å². The molecule has 0 saturated heterocycles. The molecule has 2 aliphatic heterocycles. The molecule has 0 fully saturated rings. The van der Waals surface area contributed by atoms with E-state index in [0.29, 0.717) is 17.8 Å². The average molecular weight is 511 g/mol. The Morgan fingerprint density at radius 1 is 1.05 bits per heavy atom. The molecule has 3 atom stereocenters. The maximum Gasteiger partial charge on any atom is 0.272 e. The Kier molecular flexibility index (Phi) is 6.72. The maximum atomic E-state index is 13.3. The molecule has 3 amide bonds. The molecule has 1 unspecified atom stereocenters. The fourth-order valence-corrected chi connectivity index (χ4v) is 4.95. The van der Waals surface area contributed by atoms with Gasteiger partial charge in [0.2, 0.25) is 18.0 Å². The summed E-state index contributed by atoms with van der Waals surface area (Å²) in [6.07, 6.45) is -0.451. The predicted molar refractivity (Wildman–Crippen MR) is 145 cm³/mol. The van der Waals surface area contributed by atoms with Crippen LogP contribution in [0.4, 0.5) is 5.69 Å². The van der Waals surface area contributed by atoms with Gasteiger partial charge in [0.25, 0.3) is 5.91 Å². The van der Waals surface area contributed by atoms with Gasteiger partial charge in [-0.1, -0.05) is 66.7 Å². The summed E-state index contributed by atoms with van der Waals surface area (Å²) in [7, 11) is 1.66. The number of benzodiazepines with no additional fused rings is 1. The molecule has 38 heavy (non-hydrogen) atoms. The smallest absolute Gasteiger partial charge is 0.272 e. The van der Waals surface area contributed by atoms with Crippen molar-refractivity contribution in [2.75, 3.05) is 11.9 Å². The van der Waals surface area contributed by atoms with Crippen molar-refractivity contribution in [1.29, 1.82) is 0 Å². The van der Waals surface area contributed by atoms with Crippen LogP contribution in [0.5, 0.6) is 5.75 Å². The van der Waals surface area contributed by atoms with Crippen molar-refractivity contribution in [2.45, 2.75) is 44.5 Å². The molecule has 8 heteroatoms. The number of carbonyl (C=O) groups is 3. The summed E-state index contributed by atoms with van der Waals surface area (Å²) in [5.41, 5.74) is 3.28. The number of para-hydroxylation sites is 2. The van der Waals surface area contributed by atoms with Crippen LogP contribution in [0.1, 0.15) is 37.0 Å². The molecular weight excluding hydrogens is 480 g/mol. The molecule has 194 valence electrons. The highest BCUT2D eigenvalue weighted by atomic mass is 16.5. The fraction of sp³-hybridized carbons (Fsp3) is 0.267. The van der Waals surface area contributed by atoms with Crippen molar-refractivity contribution in [3.63, 3.8) is 0 Å². The van der Waals surface area contributed by atoms with E-state index in [1.54, 1.807) is 14.0 Å². The molecule has 2 aliphatic rings. The van der Waals surface area contributed by atoms with Crippen LogP contribution in [0.2, 0.25) is 0 Å². The zero-order chi connectivity index (χ0) is 26.9. The van der Waals surface area contributed by atoms with E-state index in [2.05, 4.69) is 10.6 Å². The number of hydrogen-bond acceptors (Lipinski definition) is 5. The van der Waals surface area contributed by atoms with Gasteiger partial charge in [-0.3, -0.25) is 14.4 Å². The minimum atomic E-state index is -1.15. The molecule has 0 spiro atoms. The Morgan fingerprint density at radius 3 is 2.50 bits per heavy atom. The molecule has 0 bridgehead atoms. The predicted octanol–water partition coefficient (Wildman–Crippen LogP) is 3.23. The van der Waals surface area contributed by atoms with Gasteiger partial charge in [-0.05, 0) is 31.5 Å². The van der Waals surface area contributed by atoms with Gasteiger partial charge in [0.15, 0.2) is 0 Å². The lowest BCUT2D eigenvalue weighted by Gasteiger charge is -2.25. The zero-order valence-electron chi connectivity index (χ0n) is 21.6. The molecule has 2 N–H and O–H groups in total. The summed E-state index contributed by atoms with van der Waals surface area (Å²) >= 11 is 0. The van der Waals surface area contributed by atoms with Crippen LogP contribution < -0.4 is 20.3 Å². The van der Waals surface area contributed by atoms with Crippen molar-refractivity contribution < 1.29 is 19.1 Å². The van der Waals surface area contributed by atoms with E-state index in [0.717, 1.165) is 22.4 Å². The first-order valence-corrected chi connectivity index (χ1v) is 12.6. The van der Waals surface area contributed by atoms with Gasteiger partial charge in [-0.25, -0.2) is 4.99 Å². The highest BCUT2D eigenvalue weighted by Gasteiger charge is 2.37. The quantitative estimate of drug-likeness (QED) is 0.532. The number of nitrogens with one attached hydrogen (secondary N) is 2. The second-order valence-corrected chi connectivity index (χ2v) is 9.97. The number of rotatable bonds is 6. The second-order valence-electron chi connectivity index (χ2n) is 9.97. The molecule has 2 heterocycles. The normalized spacial score (nSPS) is 20.8. The summed E-state index contributed by atoms with van der Waals surface area (Å²) in [6.45, 7) is 3.47. The van der Waals surface area contributed by atoms with Crippen LogP contribution in [0.15, 0.2) is 83.9 Å². The van der Waals surface area contributed by atoms with Crippen molar-refractivity contribution in [3.8, 4) is 5.75 Å². The standard InChI is InChI=1S/C30H30N4O4/c1-19(31-25(35)18-30(2)17-21-13-7-10-16-24(21)38-30)28(36)33-27-29(37)34(3)23-15-9-8-14-22(23)26(32-27)20-11-5-4-6-12-20/h4-16,19,27H,17-18H2,1-3H3,(H,31,35)(H,33,36)/t19-,27+,30?/m0/s1. The lowest BCUT2D eigenvalue weighted by molar-refractivity contribution is -0.132. The molecule has 0 aliphatic carbocycles. The van der Waals surface area contributed by atoms with E-state index >= 15 is 0 Å². The minimum Gasteiger partial charge on any atom is -0.486 e. The van der Waals surface area contributed by atoms with E-state index in [9.17, 15) is 14.4 Å². The van der Waals surface area contributed by atoms with Crippen molar-refractivity contribution in [3.05, 3.63) is 95.6 Å².